The van der Waals surface area contributed by atoms with Crippen LogP contribution in [0, 0.1) is 0 Å². The molecule has 4 heteroatoms. The predicted molar refractivity (Wildman–Crippen MR) is 69.0 cm³/mol. The zero-order chi connectivity index (χ0) is 12.8. The van der Waals surface area contributed by atoms with Gasteiger partial charge < -0.3 is 10.00 Å². The lowest BCUT2D eigenvalue weighted by molar-refractivity contribution is 0.114. The van der Waals surface area contributed by atoms with E-state index in [-0.39, 0.29) is 5.66 Å². The Balaban J connectivity index is 4.54. The van der Waals surface area contributed by atoms with E-state index >= 15 is 0 Å². The number of aliphatic hydroxyl groups is 1. The molecule has 2 N–H and O–H groups in total. The summed E-state index contributed by atoms with van der Waals surface area (Å²) < 4.78 is 12.3. The fraction of sp³-hybridized carbons (Fsp3) is 1.00. The summed E-state index contributed by atoms with van der Waals surface area (Å²) in [4.78, 5) is 10.1. The maximum atomic E-state index is 12.3. The standard InChI is InChI=1S/C12H27O3P/c1-5-7-9-11(3)16(14,15)12(4,13)10-8-6-2/h11,13H,5-10H2,1-4H3,(H,14,15). The van der Waals surface area contributed by atoms with Gasteiger partial charge in [-0.15, -0.1) is 0 Å². The zero-order valence-electron chi connectivity index (χ0n) is 11.1. The van der Waals surface area contributed by atoms with E-state index in [9.17, 15) is 14.6 Å². The molecule has 0 aliphatic carbocycles. The first-order chi connectivity index (χ1) is 7.29. The van der Waals surface area contributed by atoms with Crippen molar-refractivity contribution in [1.82, 2.24) is 0 Å². The van der Waals surface area contributed by atoms with Gasteiger partial charge in [0.25, 0.3) is 0 Å². The number of hydrogen-bond acceptors (Lipinski definition) is 2. The van der Waals surface area contributed by atoms with Crippen LogP contribution in [0.15, 0.2) is 0 Å². The second-order valence-electron chi connectivity index (χ2n) is 4.93. The molecule has 0 amide bonds. The van der Waals surface area contributed by atoms with Gasteiger partial charge in [-0.25, -0.2) is 0 Å². The van der Waals surface area contributed by atoms with Gasteiger partial charge >= 0.3 is 0 Å². The third-order valence-electron chi connectivity index (χ3n) is 3.27. The molecule has 0 fully saturated rings. The van der Waals surface area contributed by atoms with Crippen LogP contribution in [0.4, 0.5) is 0 Å². The molecule has 0 radical (unpaired) electrons. The van der Waals surface area contributed by atoms with E-state index in [0.717, 1.165) is 25.7 Å². The van der Waals surface area contributed by atoms with Crippen molar-refractivity contribution in [2.24, 2.45) is 0 Å². The smallest absolute Gasteiger partial charge is 0.233 e. The minimum absolute atomic E-state index is 0.306. The van der Waals surface area contributed by atoms with E-state index in [1.165, 1.54) is 6.92 Å². The molecule has 0 aliphatic heterocycles. The van der Waals surface area contributed by atoms with Crippen molar-refractivity contribution in [1.29, 1.82) is 0 Å². The van der Waals surface area contributed by atoms with Crippen LogP contribution in [0.25, 0.3) is 0 Å². The van der Waals surface area contributed by atoms with Crippen molar-refractivity contribution in [2.45, 2.75) is 77.2 Å². The first kappa shape index (κ1) is 16.1. The summed E-state index contributed by atoms with van der Waals surface area (Å²) in [5.41, 5.74) is -0.306. The first-order valence-electron chi connectivity index (χ1n) is 6.34. The second kappa shape index (κ2) is 6.78. The monoisotopic (exact) mass is 250 g/mol. The minimum atomic E-state index is -3.49. The lowest BCUT2D eigenvalue weighted by Crippen LogP contribution is -2.29. The van der Waals surface area contributed by atoms with E-state index in [2.05, 4.69) is 6.92 Å². The Morgan fingerprint density at radius 2 is 1.75 bits per heavy atom. The molecule has 0 saturated heterocycles. The van der Waals surface area contributed by atoms with Crippen molar-refractivity contribution in [3.8, 4) is 0 Å². The van der Waals surface area contributed by atoms with Gasteiger partial charge in [-0.05, 0) is 19.8 Å². The van der Waals surface area contributed by atoms with Crippen LogP contribution in [-0.2, 0) is 4.57 Å². The topological polar surface area (TPSA) is 57.5 Å². The number of unbranched alkanes of at least 4 members (excludes halogenated alkanes) is 2. The fourth-order valence-electron chi connectivity index (χ4n) is 1.82. The molecule has 0 spiro atoms. The van der Waals surface area contributed by atoms with E-state index in [1.54, 1.807) is 6.92 Å². The predicted octanol–water partition coefficient (Wildman–Crippen LogP) is 3.73. The van der Waals surface area contributed by atoms with Crippen LogP contribution in [0.5, 0.6) is 0 Å². The Labute approximate surface area is 99.7 Å². The Morgan fingerprint density at radius 3 is 2.19 bits per heavy atom. The van der Waals surface area contributed by atoms with Crippen LogP contribution in [0.3, 0.4) is 0 Å². The summed E-state index contributed by atoms with van der Waals surface area (Å²) in [5.74, 6) is 0. The van der Waals surface area contributed by atoms with Crippen LogP contribution in [0.2, 0.25) is 0 Å². The highest BCUT2D eigenvalue weighted by Crippen LogP contribution is 2.59. The Hall–Kier alpha value is 0.150. The van der Waals surface area contributed by atoms with Gasteiger partial charge in [0.1, 0.15) is 5.34 Å². The zero-order valence-corrected chi connectivity index (χ0v) is 12.0. The molecule has 0 aromatic heterocycles. The highest BCUT2D eigenvalue weighted by molar-refractivity contribution is 7.60. The van der Waals surface area contributed by atoms with Crippen LogP contribution in [-0.4, -0.2) is 21.0 Å². The first-order valence-corrected chi connectivity index (χ1v) is 8.07. The Kier molecular flexibility index (Phi) is 6.84. The molecule has 0 bridgehead atoms. The summed E-state index contributed by atoms with van der Waals surface area (Å²) >= 11 is 0. The largest absolute Gasteiger partial charge is 0.380 e. The maximum absolute atomic E-state index is 12.3. The van der Waals surface area contributed by atoms with E-state index in [1.807, 2.05) is 6.92 Å². The molecule has 3 nitrogen and oxygen atoms in total. The highest BCUT2D eigenvalue weighted by Gasteiger charge is 2.44. The fourth-order valence-corrected chi connectivity index (χ4v) is 3.78. The molecule has 16 heavy (non-hydrogen) atoms. The van der Waals surface area contributed by atoms with Gasteiger partial charge in [0.15, 0.2) is 0 Å². The van der Waals surface area contributed by atoms with Crippen LogP contribution >= 0.6 is 7.37 Å². The average molecular weight is 250 g/mol. The third kappa shape index (κ3) is 4.20. The van der Waals surface area contributed by atoms with Crippen molar-refractivity contribution in [3.63, 3.8) is 0 Å². The highest BCUT2D eigenvalue weighted by atomic mass is 31.2. The minimum Gasteiger partial charge on any atom is -0.380 e. The van der Waals surface area contributed by atoms with Gasteiger partial charge in [-0.1, -0.05) is 46.5 Å². The molecule has 0 aliphatic rings. The van der Waals surface area contributed by atoms with E-state index in [0.29, 0.717) is 12.8 Å². The lowest BCUT2D eigenvalue weighted by Gasteiger charge is -2.33. The van der Waals surface area contributed by atoms with Crippen molar-refractivity contribution in [3.05, 3.63) is 0 Å². The molecule has 0 saturated carbocycles. The van der Waals surface area contributed by atoms with Gasteiger partial charge in [0, 0.05) is 5.66 Å². The maximum Gasteiger partial charge on any atom is 0.233 e. The normalized spacial score (nSPS) is 21.1. The number of rotatable bonds is 8. The van der Waals surface area contributed by atoms with Gasteiger partial charge in [-0.2, -0.15) is 0 Å². The molecular weight excluding hydrogens is 223 g/mol. The molecule has 0 rings (SSSR count). The number of hydrogen-bond donors (Lipinski definition) is 2. The van der Waals surface area contributed by atoms with Crippen molar-refractivity contribution >= 4 is 7.37 Å². The second-order valence-corrected chi connectivity index (χ2v) is 8.03. The van der Waals surface area contributed by atoms with Gasteiger partial charge in [-0.3, -0.25) is 4.57 Å². The SMILES string of the molecule is CCCCC(C)P(=O)(O)C(C)(O)CCCC. The van der Waals surface area contributed by atoms with Crippen molar-refractivity contribution < 1.29 is 14.6 Å². The third-order valence-corrected chi connectivity index (χ3v) is 6.32. The summed E-state index contributed by atoms with van der Waals surface area (Å²) in [5, 5.41) is 8.71. The average Bonchev–Trinajstić information content (AvgIpc) is 2.22. The quantitative estimate of drug-likeness (QED) is 0.645. The summed E-state index contributed by atoms with van der Waals surface area (Å²) in [7, 11) is -3.49. The van der Waals surface area contributed by atoms with Gasteiger partial charge in [0.05, 0.1) is 0 Å². The lowest BCUT2D eigenvalue weighted by atomic mass is 10.2. The Bertz CT molecular complexity index is 238. The van der Waals surface area contributed by atoms with Crippen molar-refractivity contribution in [2.75, 3.05) is 0 Å². The van der Waals surface area contributed by atoms with Gasteiger partial charge in [0.2, 0.25) is 7.37 Å². The molecule has 0 heterocycles. The molecule has 3 atom stereocenters. The molecule has 3 unspecified atom stereocenters. The van der Waals surface area contributed by atoms with Crippen LogP contribution < -0.4 is 0 Å². The summed E-state index contributed by atoms with van der Waals surface area (Å²) in [6, 6.07) is 0. The van der Waals surface area contributed by atoms with Crippen LogP contribution in [0.1, 0.15) is 66.2 Å². The van der Waals surface area contributed by atoms with E-state index < -0.39 is 12.7 Å². The molecule has 0 aromatic rings. The molecular formula is C12H27O3P. The Morgan fingerprint density at radius 1 is 1.25 bits per heavy atom. The van der Waals surface area contributed by atoms with E-state index in [4.69, 9.17) is 0 Å². The summed E-state index contributed by atoms with van der Waals surface area (Å²) in [6.07, 6.45) is 4.80. The molecule has 98 valence electrons. The summed E-state index contributed by atoms with van der Waals surface area (Å²) in [6.45, 7) is 7.35. The molecule has 0 aromatic carbocycles.